The second-order valence-electron chi connectivity index (χ2n) is 18.0. The first-order valence-corrected chi connectivity index (χ1v) is 23.4. The molecule has 0 unspecified atom stereocenters. The third kappa shape index (κ3) is 6.15. The number of aromatic nitrogens is 1. The van der Waals surface area contributed by atoms with Gasteiger partial charge in [0.15, 0.2) is 0 Å². The lowest BCUT2D eigenvalue weighted by atomic mass is 9.93. The van der Waals surface area contributed by atoms with Gasteiger partial charge in [-0.1, -0.05) is 152 Å². The summed E-state index contributed by atoms with van der Waals surface area (Å²) >= 11 is 0. The molecule has 320 valence electrons. The summed E-state index contributed by atoms with van der Waals surface area (Å²) in [6.45, 7) is 0. The summed E-state index contributed by atoms with van der Waals surface area (Å²) in [5, 5.41) is 9.56. The van der Waals surface area contributed by atoms with E-state index in [-0.39, 0.29) is 0 Å². The van der Waals surface area contributed by atoms with Gasteiger partial charge in [-0.05, 0) is 125 Å². The fourth-order valence-electron chi connectivity index (χ4n) is 10.8. The summed E-state index contributed by atoms with van der Waals surface area (Å²) in [4.78, 5) is 2.43. The van der Waals surface area contributed by atoms with Crippen LogP contribution in [0.4, 0.5) is 11.4 Å². The van der Waals surface area contributed by atoms with Crippen LogP contribution in [0.25, 0.3) is 110 Å². The SMILES string of the molecule is C1=C(c2ccc3oc4ccccc4c3c2)CCC(N(c2ccc(-c3ccc4c(c3)c3ccc5ccccc5c3n4-c3ccccc3)cc2)c2ccc(-c3cccc4c3oc3ccccc34)cc2)=C1. The maximum Gasteiger partial charge on any atom is 0.143 e. The number of para-hydroxylation sites is 4. The molecule has 13 aromatic rings. The molecule has 14 rings (SSSR count). The molecule has 0 bridgehead atoms. The minimum Gasteiger partial charge on any atom is -0.456 e. The number of allylic oxidation sites excluding steroid dienone is 4. The van der Waals surface area contributed by atoms with Crippen LogP contribution in [0.2, 0.25) is 0 Å². The predicted octanol–water partition coefficient (Wildman–Crippen LogP) is 18.0. The van der Waals surface area contributed by atoms with Crippen LogP contribution in [0.3, 0.4) is 0 Å². The van der Waals surface area contributed by atoms with E-state index in [2.05, 4.69) is 216 Å². The lowest BCUT2D eigenvalue weighted by molar-refractivity contribution is 0.669. The monoisotopic (exact) mass is 870 g/mol. The van der Waals surface area contributed by atoms with Crippen LogP contribution in [-0.2, 0) is 0 Å². The van der Waals surface area contributed by atoms with Crippen molar-refractivity contribution in [1.29, 1.82) is 0 Å². The van der Waals surface area contributed by atoms with E-state index in [4.69, 9.17) is 8.83 Å². The summed E-state index contributed by atoms with van der Waals surface area (Å²) in [5.74, 6) is 0. The van der Waals surface area contributed by atoms with Crippen LogP contribution in [0, 0.1) is 0 Å². The van der Waals surface area contributed by atoms with Gasteiger partial charge < -0.3 is 18.3 Å². The predicted molar refractivity (Wildman–Crippen MR) is 284 cm³/mol. The van der Waals surface area contributed by atoms with Gasteiger partial charge in [-0.25, -0.2) is 0 Å². The maximum absolute atomic E-state index is 6.47. The first-order chi connectivity index (χ1) is 33.7. The minimum absolute atomic E-state index is 0.884. The van der Waals surface area contributed by atoms with Gasteiger partial charge in [0.05, 0.1) is 11.0 Å². The number of hydrogen-bond donors (Lipinski definition) is 0. The zero-order valence-corrected chi connectivity index (χ0v) is 37.1. The van der Waals surface area contributed by atoms with Crippen molar-refractivity contribution in [2.24, 2.45) is 0 Å². The van der Waals surface area contributed by atoms with Gasteiger partial charge in [0, 0.05) is 66.0 Å². The van der Waals surface area contributed by atoms with Crippen molar-refractivity contribution in [3.8, 4) is 27.9 Å². The molecule has 0 N–H and O–H groups in total. The topological polar surface area (TPSA) is 34.5 Å². The lowest BCUT2D eigenvalue weighted by Crippen LogP contribution is -2.17. The van der Waals surface area contributed by atoms with Gasteiger partial charge in [-0.2, -0.15) is 0 Å². The normalized spacial score (nSPS) is 13.1. The molecule has 68 heavy (non-hydrogen) atoms. The molecule has 0 spiro atoms. The van der Waals surface area contributed by atoms with E-state index in [1.807, 2.05) is 24.3 Å². The smallest absolute Gasteiger partial charge is 0.143 e. The van der Waals surface area contributed by atoms with Gasteiger partial charge in [0.2, 0.25) is 0 Å². The average molecular weight is 871 g/mol. The van der Waals surface area contributed by atoms with E-state index in [0.29, 0.717) is 0 Å². The Hall–Kier alpha value is -8.86. The minimum atomic E-state index is 0.884. The molecule has 0 radical (unpaired) electrons. The maximum atomic E-state index is 6.47. The average Bonchev–Trinajstić information content (AvgIpc) is 4.09. The third-order valence-corrected chi connectivity index (χ3v) is 14.1. The second-order valence-corrected chi connectivity index (χ2v) is 18.0. The Balaban J connectivity index is 0.860. The van der Waals surface area contributed by atoms with Crippen LogP contribution >= 0.6 is 0 Å². The standard InChI is InChI=1S/C64H42N2O2/c1-2-12-47(13-3-1)66-59-37-28-45(39-57(59)55-36-27-43-11-4-5-14-51(43)63(55)66)41-21-30-48(31-22-41)65(49-32-23-42(24-33-49)46-29-38-62-58(40-46)54-16-7-8-19-60(54)67-62)50-34-25-44(26-35-50)52-17-10-18-56-53-15-6-9-20-61(53)68-64(52)56/h1-23,25-32,34-40H,24,33H2. The molecule has 0 saturated carbocycles. The number of anilines is 2. The summed E-state index contributed by atoms with van der Waals surface area (Å²) in [5.41, 5.74) is 17.8. The zero-order valence-electron chi connectivity index (χ0n) is 37.1. The highest BCUT2D eigenvalue weighted by Crippen LogP contribution is 2.43. The van der Waals surface area contributed by atoms with E-state index in [1.54, 1.807) is 0 Å². The van der Waals surface area contributed by atoms with E-state index >= 15 is 0 Å². The Labute approximate surface area is 392 Å². The Morgan fingerprint density at radius 3 is 1.79 bits per heavy atom. The molecule has 0 atom stereocenters. The molecule has 1 aliphatic carbocycles. The summed E-state index contributed by atoms with van der Waals surface area (Å²) in [7, 11) is 0. The van der Waals surface area contributed by atoms with Crippen molar-refractivity contribution in [3.05, 3.63) is 242 Å². The van der Waals surface area contributed by atoms with E-state index in [0.717, 1.165) is 84.9 Å². The highest BCUT2D eigenvalue weighted by atomic mass is 16.3. The summed E-state index contributed by atoms with van der Waals surface area (Å²) in [6.07, 6.45) is 6.42. The molecule has 3 heterocycles. The fourth-order valence-corrected chi connectivity index (χ4v) is 10.8. The molecule has 1 aliphatic rings. The summed E-state index contributed by atoms with van der Waals surface area (Å²) in [6, 6.07) is 78.7. The first kappa shape index (κ1) is 38.4. The molecule has 0 aliphatic heterocycles. The van der Waals surface area contributed by atoms with Crippen molar-refractivity contribution in [3.63, 3.8) is 0 Å². The Morgan fingerprint density at radius 1 is 0.382 bits per heavy atom. The van der Waals surface area contributed by atoms with E-state index in [9.17, 15) is 0 Å². The van der Waals surface area contributed by atoms with Crippen LogP contribution in [0.15, 0.2) is 245 Å². The highest BCUT2D eigenvalue weighted by molar-refractivity contribution is 6.19. The number of fused-ring (bicyclic) bond motifs is 11. The molecule has 4 heteroatoms. The number of benzene rings is 10. The zero-order chi connectivity index (χ0) is 44.7. The summed E-state index contributed by atoms with van der Waals surface area (Å²) < 4.78 is 15.1. The Kier molecular flexibility index (Phi) is 8.68. The fraction of sp³-hybridized carbons (Fsp3) is 0.0312. The molecule has 10 aromatic carbocycles. The lowest BCUT2D eigenvalue weighted by Gasteiger charge is -2.30. The van der Waals surface area contributed by atoms with E-state index < -0.39 is 0 Å². The number of hydrogen-bond acceptors (Lipinski definition) is 3. The van der Waals surface area contributed by atoms with Crippen LogP contribution in [-0.4, -0.2) is 4.57 Å². The molecule has 0 fully saturated rings. The van der Waals surface area contributed by atoms with Crippen molar-refractivity contribution < 1.29 is 8.83 Å². The van der Waals surface area contributed by atoms with Crippen LogP contribution in [0.5, 0.6) is 0 Å². The number of nitrogens with zero attached hydrogens (tertiary/aromatic N) is 2. The quantitative estimate of drug-likeness (QED) is 0.160. The highest BCUT2D eigenvalue weighted by Gasteiger charge is 2.21. The van der Waals surface area contributed by atoms with Gasteiger partial charge in [-0.3, -0.25) is 0 Å². The van der Waals surface area contributed by atoms with Gasteiger partial charge >= 0.3 is 0 Å². The Morgan fingerprint density at radius 2 is 1.01 bits per heavy atom. The molecule has 0 saturated heterocycles. The molecule has 3 aromatic heterocycles. The third-order valence-electron chi connectivity index (χ3n) is 14.1. The number of rotatable bonds is 7. The number of furan rings is 2. The molecule has 0 amide bonds. The molecular weight excluding hydrogens is 829 g/mol. The second kappa shape index (κ2) is 15.4. The Bertz CT molecular complexity index is 4180. The largest absolute Gasteiger partial charge is 0.456 e. The van der Waals surface area contributed by atoms with Gasteiger partial charge in [0.1, 0.15) is 22.3 Å². The van der Waals surface area contributed by atoms with Crippen molar-refractivity contribution in [1.82, 2.24) is 4.57 Å². The van der Waals surface area contributed by atoms with Crippen LogP contribution in [0.1, 0.15) is 18.4 Å². The van der Waals surface area contributed by atoms with E-state index in [1.165, 1.54) is 60.5 Å². The molecular formula is C64H42N2O2. The molecule has 4 nitrogen and oxygen atoms in total. The van der Waals surface area contributed by atoms with Crippen LogP contribution < -0.4 is 4.90 Å². The van der Waals surface area contributed by atoms with Crippen molar-refractivity contribution in [2.75, 3.05) is 4.90 Å². The van der Waals surface area contributed by atoms with Crippen molar-refractivity contribution in [2.45, 2.75) is 12.8 Å². The first-order valence-electron chi connectivity index (χ1n) is 23.4. The van der Waals surface area contributed by atoms with Gasteiger partial charge in [0.25, 0.3) is 0 Å². The van der Waals surface area contributed by atoms with Gasteiger partial charge in [-0.15, -0.1) is 0 Å². The van der Waals surface area contributed by atoms with Crippen molar-refractivity contribution >= 4 is 93.4 Å².